The van der Waals surface area contributed by atoms with Crippen molar-refractivity contribution in [1.29, 1.82) is 0 Å². The van der Waals surface area contributed by atoms with Gasteiger partial charge in [-0.2, -0.15) is 0 Å². The van der Waals surface area contributed by atoms with E-state index in [9.17, 15) is 9.90 Å². The number of aromatic nitrogens is 2. The number of fused-ring (bicyclic) bond motifs is 1. The van der Waals surface area contributed by atoms with Gasteiger partial charge in [-0.1, -0.05) is 48.0 Å². The first-order chi connectivity index (χ1) is 16.5. The number of phenols is 1. The molecule has 2 atom stereocenters. The maximum atomic E-state index is 12.8. The summed E-state index contributed by atoms with van der Waals surface area (Å²) in [6.45, 7) is 2.99. The van der Waals surface area contributed by atoms with E-state index in [4.69, 9.17) is 26.3 Å². The quantitative estimate of drug-likeness (QED) is 0.402. The molecule has 2 heterocycles. The summed E-state index contributed by atoms with van der Waals surface area (Å²) in [4.78, 5) is 24.5. The molecule has 1 aliphatic rings. The summed E-state index contributed by atoms with van der Waals surface area (Å²) in [5, 5.41) is 12.0. The number of carbonyl (C=O) groups excluding carboxylic acids is 1. The first-order valence-electron chi connectivity index (χ1n) is 11.1. The molecule has 0 amide bonds. The number of para-hydroxylation sites is 1. The van der Waals surface area contributed by atoms with Gasteiger partial charge in [-0.05, 0) is 48.4 Å². The number of ether oxygens (including phenoxy) is 1. The Bertz CT molecular complexity index is 1390. The van der Waals surface area contributed by atoms with Gasteiger partial charge < -0.3 is 14.7 Å². The number of esters is 1. The highest BCUT2D eigenvalue weighted by atomic mass is 35.5. The Morgan fingerprint density at radius 3 is 2.59 bits per heavy atom. The lowest BCUT2D eigenvalue weighted by Crippen LogP contribution is -2.25. The number of carbonyl (C=O) groups is 1. The van der Waals surface area contributed by atoms with Gasteiger partial charge in [0.1, 0.15) is 11.6 Å². The third-order valence-electron chi connectivity index (χ3n) is 6.41. The average Bonchev–Trinajstić information content (AvgIpc) is 3.28. The normalized spacial score (nSPS) is 17.8. The zero-order valence-electron chi connectivity index (χ0n) is 18.9. The lowest BCUT2D eigenvalue weighted by Gasteiger charge is -2.21. The van der Waals surface area contributed by atoms with E-state index < -0.39 is 5.92 Å². The van der Waals surface area contributed by atoms with Crippen molar-refractivity contribution in [2.75, 3.05) is 25.1 Å². The molecule has 4 aromatic rings. The molecule has 5 rings (SSSR count). The van der Waals surface area contributed by atoms with Crippen molar-refractivity contribution in [2.45, 2.75) is 12.8 Å². The molecule has 1 N–H and O–H groups in total. The molecule has 1 saturated heterocycles. The van der Waals surface area contributed by atoms with Gasteiger partial charge in [0.2, 0.25) is 0 Å². The summed E-state index contributed by atoms with van der Waals surface area (Å²) in [6, 6.07) is 20.7. The van der Waals surface area contributed by atoms with Crippen LogP contribution in [-0.4, -0.2) is 41.2 Å². The molecule has 0 bridgehead atoms. The molecule has 1 fully saturated rings. The van der Waals surface area contributed by atoms with Gasteiger partial charge in [-0.15, -0.1) is 0 Å². The zero-order valence-corrected chi connectivity index (χ0v) is 19.7. The van der Waals surface area contributed by atoms with Crippen LogP contribution < -0.4 is 4.90 Å². The minimum Gasteiger partial charge on any atom is -0.507 e. The van der Waals surface area contributed by atoms with E-state index in [-0.39, 0.29) is 17.6 Å². The highest BCUT2D eigenvalue weighted by molar-refractivity contribution is 6.31. The number of hydrogen-bond donors (Lipinski definition) is 1. The van der Waals surface area contributed by atoms with Crippen molar-refractivity contribution >= 4 is 34.3 Å². The molecular formula is C27H24ClN3O3. The molecule has 0 saturated carbocycles. The summed E-state index contributed by atoms with van der Waals surface area (Å²) >= 11 is 6.52. The van der Waals surface area contributed by atoms with Crippen molar-refractivity contribution in [3.05, 3.63) is 82.9 Å². The van der Waals surface area contributed by atoms with Crippen LogP contribution in [0.25, 0.3) is 22.3 Å². The van der Waals surface area contributed by atoms with Crippen LogP contribution in [0.3, 0.4) is 0 Å². The van der Waals surface area contributed by atoms with E-state index in [1.54, 1.807) is 18.2 Å². The molecule has 6 nitrogen and oxygen atoms in total. The maximum absolute atomic E-state index is 12.8. The van der Waals surface area contributed by atoms with Crippen LogP contribution in [0.2, 0.25) is 5.02 Å². The molecule has 0 radical (unpaired) electrons. The molecule has 0 aliphatic carbocycles. The molecule has 3 aromatic carbocycles. The monoisotopic (exact) mass is 473 g/mol. The number of methoxy groups -OCH3 is 1. The molecule has 34 heavy (non-hydrogen) atoms. The lowest BCUT2D eigenvalue weighted by molar-refractivity contribution is -0.145. The highest BCUT2D eigenvalue weighted by Crippen LogP contribution is 2.41. The van der Waals surface area contributed by atoms with Crippen molar-refractivity contribution < 1.29 is 14.6 Å². The number of halogens is 1. The number of anilines is 1. The number of nitrogens with zero attached hydrogens (tertiary/aromatic N) is 3. The number of rotatable bonds is 4. The van der Waals surface area contributed by atoms with Crippen molar-refractivity contribution in [3.8, 4) is 17.1 Å². The third-order valence-corrected chi connectivity index (χ3v) is 6.75. The summed E-state index contributed by atoms with van der Waals surface area (Å²) in [6.07, 6.45) is 0. The minimum atomic E-state index is -0.394. The third kappa shape index (κ3) is 3.94. The Balaban J connectivity index is 1.65. The molecule has 7 heteroatoms. The van der Waals surface area contributed by atoms with E-state index in [1.807, 2.05) is 55.5 Å². The van der Waals surface area contributed by atoms with Gasteiger partial charge in [0, 0.05) is 29.4 Å². The van der Waals surface area contributed by atoms with Crippen molar-refractivity contribution in [1.82, 2.24) is 9.97 Å². The van der Waals surface area contributed by atoms with E-state index in [0.29, 0.717) is 35.3 Å². The fourth-order valence-corrected chi connectivity index (χ4v) is 4.98. The molecule has 1 aliphatic heterocycles. The van der Waals surface area contributed by atoms with Gasteiger partial charge in [-0.25, -0.2) is 9.97 Å². The predicted octanol–water partition coefficient (Wildman–Crippen LogP) is 5.36. The topological polar surface area (TPSA) is 75.5 Å². The van der Waals surface area contributed by atoms with Crippen molar-refractivity contribution in [3.63, 3.8) is 0 Å². The SMILES string of the molecule is COC(=O)[C@@H]1CN(c2nc(-c3ccccc3O)nc3cc(C)ccc23)C[C@H]1c1ccccc1Cl. The summed E-state index contributed by atoms with van der Waals surface area (Å²) in [5.41, 5.74) is 3.32. The first-order valence-corrected chi connectivity index (χ1v) is 11.5. The number of aryl methyl sites for hydroxylation is 1. The smallest absolute Gasteiger partial charge is 0.311 e. The Kier molecular flexibility index (Phi) is 5.84. The van der Waals surface area contributed by atoms with Gasteiger partial charge in [0.25, 0.3) is 0 Å². The van der Waals surface area contributed by atoms with E-state index in [1.165, 1.54) is 7.11 Å². The lowest BCUT2D eigenvalue weighted by atomic mass is 9.89. The number of hydrogen-bond acceptors (Lipinski definition) is 6. The van der Waals surface area contributed by atoms with Gasteiger partial charge in [0.15, 0.2) is 5.82 Å². The second-order valence-electron chi connectivity index (χ2n) is 8.57. The van der Waals surface area contributed by atoms with Crippen LogP contribution in [0.15, 0.2) is 66.7 Å². The highest BCUT2D eigenvalue weighted by Gasteiger charge is 2.41. The second-order valence-corrected chi connectivity index (χ2v) is 8.98. The molecule has 172 valence electrons. The fraction of sp³-hybridized carbons (Fsp3) is 0.222. The molecule has 0 spiro atoms. The summed E-state index contributed by atoms with van der Waals surface area (Å²) < 4.78 is 5.15. The van der Waals surface area contributed by atoms with Crippen LogP contribution in [0.1, 0.15) is 17.0 Å². The molecular weight excluding hydrogens is 450 g/mol. The van der Waals surface area contributed by atoms with Gasteiger partial charge in [0.05, 0.1) is 24.1 Å². The van der Waals surface area contributed by atoms with Crippen LogP contribution in [0.4, 0.5) is 5.82 Å². The first kappa shape index (κ1) is 22.2. The average molecular weight is 474 g/mol. The standard InChI is InChI=1S/C27H24ClN3O3/c1-16-11-12-18-23(13-16)29-25(19-8-4-6-10-24(19)32)30-26(18)31-14-20(21(15-31)27(33)34-2)17-7-3-5-9-22(17)28/h3-13,20-21,32H,14-15H2,1-2H3/t20-,21+/m0/s1. The summed E-state index contributed by atoms with van der Waals surface area (Å²) in [7, 11) is 1.41. The fourth-order valence-electron chi connectivity index (χ4n) is 4.71. The Morgan fingerprint density at radius 2 is 1.82 bits per heavy atom. The van der Waals surface area contributed by atoms with Crippen LogP contribution >= 0.6 is 11.6 Å². The number of aromatic hydroxyl groups is 1. The second kappa shape index (κ2) is 8.95. The minimum absolute atomic E-state index is 0.114. The van der Waals surface area contributed by atoms with Gasteiger partial charge in [-0.3, -0.25) is 4.79 Å². The molecule has 1 aromatic heterocycles. The number of phenolic OH excluding ortho intramolecular Hbond substituents is 1. The Labute approximate surface area is 202 Å². The zero-order chi connectivity index (χ0) is 23.8. The Morgan fingerprint density at radius 1 is 1.06 bits per heavy atom. The number of benzene rings is 3. The van der Waals surface area contributed by atoms with E-state index in [0.717, 1.165) is 22.0 Å². The van der Waals surface area contributed by atoms with Crippen molar-refractivity contribution in [2.24, 2.45) is 5.92 Å². The van der Waals surface area contributed by atoms with Gasteiger partial charge >= 0.3 is 5.97 Å². The summed E-state index contributed by atoms with van der Waals surface area (Å²) in [5.74, 6) is 0.443. The van der Waals surface area contributed by atoms with Crippen LogP contribution in [0.5, 0.6) is 5.75 Å². The predicted molar refractivity (Wildman–Crippen MR) is 133 cm³/mol. The van der Waals surface area contributed by atoms with Crippen LogP contribution in [0, 0.1) is 12.8 Å². The van der Waals surface area contributed by atoms with Crippen LogP contribution in [-0.2, 0) is 9.53 Å². The van der Waals surface area contributed by atoms with E-state index >= 15 is 0 Å². The van der Waals surface area contributed by atoms with E-state index in [2.05, 4.69) is 4.90 Å². The maximum Gasteiger partial charge on any atom is 0.311 e. The Hall–Kier alpha value is -3.64. The largest absolute Gasteiger partial charge is 0.507 e. The molecule has 0 unspecified atom stereocenters.